The van der Waals surface area contributed by atoms with E-state index in [1.54, 1.807) is 13.1 Å². The smallest absolute Gasteiger partial charge is 0.265 e. The van der Waals surface area contributed by atoms with Gasteiger partial charge in [0, 0.05) is 18.3 Å². The van der Waals surface area contributed by atoms with Gasteiger partial charge in [-0.05, 0) is 42.6 Å². The van der Waals surface area contributed by atoms with Crippen molar-refractivity contribution in [2.45, 2.75) is 13.8 Å². The lowest BCUT2D eigenvalue weighted by atomic mass is 10.1. The van der Waals surface area contributed by atoms with Crippen molar-refractivity contribution >= 4 is 29.0 Å². The monoisotopic (exact) mass is 379 g/mol. The quantitative estimate of drug-likeness (QED) is 0.725. The molecule has 5 nitrogen and oxygen atoms in total. The Hall–Kier alpha value is -2.99. The SMILES string of the molecule is Cc1cccc(C)c1NC(=O)CN(C)C(=O)c1cc(-c2ccccc2)ns1. The van der Waals surface area contributed by atoms with Crippen LogP contribution in [0.25, 0.3) is 11.3 Å². The van der Waals surface area contributed by atoms with Crippen LogP contribution in [0.1, 0.15) is 20.8 Å². The zero-order chi connectivity index (χ0) is 19.4. The molecule has 2 amide bonds. The highest BCUT2D eigenvalue weighted by Gasteiger charge is 2.19. The summed E-state index contributed by atoms with van der Waals surface area (Å²) in [5.74, 6) is -0.442. The van der Waals surface area contributed by atoms with Gasteiger partial charge in [-0.15, -0.1) is 0 Å². The first-order chi connectivity index (χ1) is 13.0. The molecule has 1 aromatic heterocycles. The summed E-state index contributed by atoms with van der Waals surface area (Å²) < 4.78 is 4.35. The molecule has 0 saturated heterocycles. The Bertz CT molecular complexity index is 946. The first kappa shape index (κ1) is 18.8. The van der Waals surface area contributed by atoms with E-state index >= 15 is 0 Å². The molecule has 2 aromatic carbocycles. The fourth-order valence-corrected chi connectivity index (χ4v) is 3.54. The Morgan fingerprint density at radius 1 is 1.04 bits per heavy atom. The molecule has 3 aromatic rings. The van der Waals surface area contributed by atoms with Gasteiger partial charge in [-0.25, -0.2) is 0 Å². The number of carbonyl (C=O) groups excluding carboxylic acids is 2. The first-order valence-electron chi connectivity index (χ1n) is 8.59. The van der Waals surface area contributed by atoms with Crippen molar-refractivity contribution in [2.24, 2.45) is 0 Å². The van der Waals surface area contributed by atoms with Gasteiger partial charge in [-0.2, -0.15) is 4.37 Å². The maximum Gasteiger partial charge on any atom is 0.265 e. The Morgan fingerprint density at radius 2 is 1.70 bits per heavy atom. The number of para-hydroxylation sites is 1. The van der Waals surface area contributed by atoms with E-state index in [0.29, 0.717) is 4.88 Å². The Kier molecular flexibility index (Phi) is 5.66. The third-order valence-electron chi connectivity index (χ3n) is 4.26. The van der Waals surface area contributed by atoms with Crippen LogP contribution >= 0.6 is 11.5 Å². The van der Waals surface area contributed by atoms with Crippen LogP contribution in [0, 0.1) is 13.8 Å². The number of aryl methyl sites for hydroxylation is 2. The van der Waals surface area contributed by atoms with Gasteiger partial charge >= 0.3 is 0 Å². The third-order valence-corrected chi connectivity index (χ3v) is 5.04. The Morgan fingerprint density at radius 3 is 2.37 bits per heavy atom. The maximum atomic E-state index is 12.6. The fourth-order valence-electron chi connectivity index (χ4n) is 2.79. The van der Waals surface area contributed by atoms with Gasteiger partial charge in [-0.3, -0.25) is 9.59 Å². The van der Waals surface area contributed by atoms with Gasteiger partial charge in [-0.1, -0.05) is 48.5 Å². The molecule has 0 aliphatic heterocycles. The van der Waals surface area contributed by atoms with Crippen LogP contribution in [-0.2, 0) is 4.79 Å². The number of amides is 2. The second-order valence-corrected chi connectivity index (χ2v) is 7.22. The molecular formula is C21H21N3O2S. The van der Waals surface area contributed by atoms with Crippen molar-refractivity contribution in [1.82, 2.24) is 9.27 Å². The molecule has 0 bridgehead atoms. The van der Waals surface area contributed by atoms with E-state index in [4.69, 9.17) is 0 Å². The molecule has 0 aliphatic rings. The van der Waals surface area contributed by atoms with Crippen LogP contribution in [0.5, 0.6) is 0 Å². The van der Waals surface area contributed by atoms with E-state index in [9.17, 15) is 9.59 Å². The minimum absolute atomic E-state index is 0.0226. The topological polar surface area (TPSA) is 62.3 Å². The molecule has 1 heterocycles. The molecule has 6 heteroatoms. The van der Waals surface area contributed by atoms with Crippen LogP contribution in [0.2, 0.25) is 0 Å². The second kappa shape index (κ2) is 8.14. The van der Waals surface area contributed by atoms with Gasteiger partial charge in [0.05, 0.1) is 12.2 Å². The number of anilines is 1. The number of nitrogens with zero attached hydrogens (tertiary/aromatic N) is 2. The highest BCUT2D eigenvalue weighted by Crippen LogP contribution is 2.23. The lowest BCUT2D eigenvalue weighted by Crippen LogP contribution is -2.34. The number of nitrogens with one attached hydrogen (secondary N) is 1. The van der Waals surface area contributed by atoms with E-state index in [1.807, 2.05) is 62.4 Å². The molecule has 0 fully saturated rings. The van der Waals surface area contributed by atoms with Crippen molar-refractivity contribution in [2.75, 3.05) is 18.9 Å². The molecular weight excluding hydrogens is 358 g/mol. The molecule has 0 spiro atoms. The molecule has 0 unspecified atom stereocenters. The number of benzene rings is 2. The van der Waals surface area contributed by atoms with Crippen LogP contribution in [0.15, 0.2) is 54.6 Å². The molecule has 27 heavy (non-hydrogen) atoms. The number of hydrogen-bond donors (Lipinski definition) is 1. The molecule has 1 N–H and O–H groups in total. The van der Waals surface area contributed by atoms with E-state index in [-0.39, 0.29) is 18.4 Å². The standard InChI is InChI=1S/C21H21N3O2S/c1-14-8-7-9-15(2)20(14)22-19(25)13-24(3)21(26)18-12-17(23-27-18)16-10-5-4-6-11-16/h4-12H,13H2,1-3H3,(H,22,25). The normalized spacial score (nSPS) is 10.5. The van der Waals surface area contributed by atoms with Crippen LogP contribution in [-0.4, -0.2) is 34.7 Å². The lowest BCUT2D eigenvalue weighted by Gasteiger charge is -2.17. The Labute approximate surface area is 162 Å². The van der Waals surface area contributed by atoms with E-state index < -0.39 is 0 Å². The van der Waals surface area contributed by atoms with Gasteiger partial charge in [0.2, 0.25) is 5.91 Å². The van der Waals surface area contributed by atoms with E-state index in [1.165, 1.54) is 4.90 Å². The summed E-state index contributed by atoms with van der Waals surface area (Å²) in [6.45, 7) is 3.87. The molecule has 0 saturated carbocycles. The summed E-state index contributed by atoms with van der Waals surface area (Å²) in [6, 6.07) is 17.3. The number of rotatable bonds is 5. The third kappa shape index (κ3) is 4.41. The van der Waals surface area contributed by atoms with Crippen molar-refractivity contribution in [1.29, 1.82) is 0 Å². The van der Waals surface area contributed by atoms with Crippen molar-refractivity contribution in [3.8, 4) is 11.3 Å². The van der Waals surface area contributed by atoms with E-state index in [0.717, 1.165) is 39.6 Å². The lowest BCUT2D eigenvalue weighted by molar-refractivity contribution is -0.116. The zero-order valence-corrected chi connectivity index (χ0v) is 16.3. The largest absolute Gasteiger partial charge is 0.332 e. The minimum Gasteiger partial charge on any atom is -0.332 e. The summed E-state index contributed by atoms with van der Waals surface area (Å²) in [7, 11) is 1.62. The number of likely N-dealkylation sites (N-methyl/N-ethyl adjacent to an activating group) is 1. The van der Waals surface area contributed by atoms with Crippen molar-refractivity contribution in [3.05, 3.63) is 70.6 Å². The van der Waals surface area contributed by atoms with Crippen LogP contribution in [0.3, 0.4) is 0 Å². The fraction of sp³-hybridized carbons (Fsp3) is 0.190. The van der Waals surface area contributed by atoms with Gasteiger partial charge in [0.25, 0.3) is 5.91 Å². The average molecular weight is 379 g/mol. The summed E-state index contributed by atoms with van der Waals surface area (Å²) in [4.78, 5) is 26.9. The average Bonchev–Trinajstić information content (AvgIpc) is 3.15. The predicted octanol–water partition coefficient (Wildman–Crippen LogP) is 4.14. The number of aromatic nitrogens is 1. The predicted molar refractivity (Wildman–Crippen MR) is 109 cm³/mol. The molecule has 0 atom stereocenters. The minimum atomic E-state index is -0.226. The molecule has 138 valence electrons. The molecule has 0 radical (unpaired) electrons. The summed E-state index contributed by atoms with van der Waals surface area (Å²) >= 11 is 1.14. The van der Waals surface area contributed by atoms with Gasteiger partial charge < -0.3 is 10.2 Å². The van der Waals surface area contributed by atoms with Crippen molar-refractivity contribution < 1.29 is 9.59 Å². The number of carbonyl (C=O) groups is 2. The summed E-state index contributed by atoms with van der Waals surface area (Å²) in [5, 5.41) is 2.90. The maximum absolute atomic E-state index is 12.6. The second-order valence-electron chi connectivity index (χ2n) is 6.42. The highest BCUT2D eigenvalue weighted by atomic mass is 32.1. The van der Waals surface area contributed by atoms with Crippen LogP contribution < -0.4 is 5.32 Å². The Balaban J connectivity index is 1.66. The van der Waals surface area contributed by atoms with Gasteiger partial charge in [0.1, 0.15) is 4.88 Å². The van der Waals surface area contributed by atoms with Gasteiger partial charge in [0.15, 0.2) is 0 Å². The molecule has 0 aliphatic carbocycles. The van der Waals surface area contributed by atoms with E-state index in [2.05, 4.69) is 9.69 Å². The van der Waals surface area contributed by atoms with Crippen molar-refractivity contribution in [3.63, 3.8) is 0 Å². The highest BCUT2D eigenvalue weighted by molar-refractivity contribution is 7.08. The summed E-state index contributed by atoms with van der Waals surface area (Å²) in [5.41, 5.74) is 4.51. The summed E-state index contributed by atoms with van der Waals surface area (Å²) in [6.07, 6.45) is 0. The zero-order valence-electron chi connectivity index (χ0n) is 15.5. The van der Waals surface area contributed by atoms with Crippen LogP contribution in [0.4, 0.5) is 5.69 Å². The first-order valence-corrected chi connectivity index (χ1v) is 9.36. The molecule has 3 rings (SSSR count). The number of hydrogen-bond acceptors (Lipinski definition) is 4.